The zero-order chi connectivity index (χ0) is 25.0. The summed E-state index contributed by atoms with van der Waals surface area (Å²) in [4.78, 5) is 53.6. The first-order chi connectivity index (χ1) is 16.7. The predicted molar refractivity (Wildman–Crippen MR) is 127 cm³/mol. The first-order valence-corrected chi connectivity index (χ1v) is 13.3. The summed E-state index contributed by atoms with van der Waals surface area (Å²) in [7, 11) is 0. The van der Waals surface area contributed by atoms with Crippen LogP contribution in [0.25, 0.3) is 0 Å². The van der Waals surface area contributed by atoms with E-state index in [1.807, 2.05) is 6.92 Å². The maximum atomic E-state index is 13.1. The lowest BCUT2D eigenvalue weighted by Gasteiger charge is -2.46. The third kappa shape index (κ3) is 4.24. The number of carbonyl (C=O) groups is 4. The van der Waals surface area contributed by atoms with Crippen LogP contribution in [0.1, 0.15) is 33.1 Å². The highest BCUT2D eigenvalue weighted by Crippen LogP contribution is 2.51. The van der Waals surface area contributed by atoms with Gasteiger partial charge in [0.2, 0.25) is 17.7 Å². The quantitative estimate of drug-likeness (QED) is 0.264. The van der Waals surface area contributed by atoms with Crippen LogP contribution in [0.5, 0.6) is 0 Å². The number of hydrogen-bond acceptors (Lipinski definition) is 8. The number of aliphatic hydroxyl groups excluding tert-OH is 1. The number of β-lactam (4-membered cyclic amide) rings is 1. The number of fused-ring (bicyclic) bond motifs is 1. The molecule has 192 valence electrons. The number of amides is 3. The van der Waals surface area contributed by atoms with Crippen molar-refractivity contribution in [1.82, 2.24) is 25.8 Å². The average Bonchev–Trinajstić information content (AvgIpc) is 3.45. The van der Waals surface area contributed by atoms with Crippen LogP contribution in [0, 0.1) is 11.8 Å². The van der Waals surface area contributed by atoms with Gasteiger partial charge in [-0.05, 0) is 32.7 Å². The number of thioether (sulfide) groups is 1. The van der Waals surface area contributed by atoms with Gasteiger partial charge in [0.15, 0.2) is 0 Å². The van der Waals surface area contributed by atoms with Crippen molar-refractivity contribution in [3.8, 4) is 0 Å². The van der Waals surface area contributed by atoms with Crippen molar-refractivity contribution in [3.63, 3.8) is 0 Å². The first-order valence-electron chi connectivity index (χ1n) is 12.4. The van der Waals surface area contributed by atoms with E-state index in [0.717, 1.165) is 19.4 Å². The van der Waals surface area contributed by atoms with Crippen molar-refractivity contribution < 1.29 is 29.4 Å². The number of likely N-dealkylation sites (tertiary alicyclic amines) is 1. The first kappa shape index (κ1) is 24.5. The van der Waals surface area contributed by atoms with E-state index in [0.29, 0.717) is 31.0 Å². The van der Waals surface area contributed by atoms with Gasteiger partial charge in [0.25, 0.3) is 0 Å². The lowest BCUT2D eigenvalue weighted by atomic mass is 9.79. The summed E-state index contributed by atoms with van der Waals surface area (Å²) >= 11 is 1.43. The fraction of sp³-hybridized carbons (Fsp3) is 0.739. The molecule has 0 saturated carbocycles. The summed E-state index contributed by atoms with van der Waals surface area (Å²) < 4.78 is 0. The Labute approximate surface area is 208 Å². The highest BCUT2D eigenvalue weighted by atomic mass is 32.2. The highest BCUT2D eigenvalue weighted by Gasteiger charge is 2.60. The second kappa shape index (κ2) is 9.38. The normalized spacial score (nSPS) is 37.1. The molecule has 8 atom stereocenters. The van der Waals surface area contributed by atoms with E-state index in [1.165, 1.54) is 16.7 Å². The number of aliphatic hydroxyl groups is 1. The Kier molecular flexibility index (Phi) is 6.58. The van der Waals surface area contributed by atoms with Crippen molar-refractivity contribution in [1.29, 1.82) is 0 Å². The second-order valence-corrected chi connectivity index (χ2v) is 11.6. The number of rotatable bonds is 7. The van der Waals surface area contributed by atoms with Crippen molar-refractivity contribution in [2.75, 3.05) is 26.2 Å². The Bertz CT molecular complexity index is 968. The van der Waals surface area contributed by atoms with Crippen LogP contribution < -0.4 is 16.0 Å². The van der Waals surface area contributed by atoms with Crippen LogP contribution in [0.2, 0.25) is 0 Å². The summed E-state index contributed by atoms with van der Waals surface area (Å²) in [6.07, 6.45) is 1.30. The molecular weight excluding hydrogens is 474 g/mol. The van der Waals surface area contributed by atoms with Crippen LogP contribution in [0.3, 0.4) is 0 Å². The molecule has 0 aromatic heterocycles. The van der Waals surface area contributed by atoms with Gasteiger partial charge in [-0.15, -0.1) is 11.8 Å². The van der Waals surface area contributed by atoms with Crippen LogP contribution in [0.15, 0.2) is 10.6 Å². The zero-order valence-electron chi connectivity index (χ0n) is 19.9. The maximum absolute atomic E-state index is 13.1. The number of hydrogen-bond donors (Lipinski definition) is 5. The Morgan fingerprint density at radius 3 is 2.57 bits per heavy atom. The highest BCUT2D eigenvalue weighted by molar-refractivity contribution is 8.03. The van der Waals surface area contributed by atoms with Crippen LogP contribution in [0.4, 0.5) is 0 Å². The Morgan fingerprint density at radius 2 is 1.94 bits per heavy atom. The molecule has 0 aliphatic carbocycles. The van der Waals surface area contributed by atoms with E-state index in [9.17, 15) is 29.4 Å². The number of aliphatic carboxylic acids is 1. The number of carbonyl (C=O) groups excluding carboxylic acids is 3. The summed E-state index contributed by atoms with van der Waals surface area (Å²) in [6, 6.07) is -0.846. The molecule has 4 fully saturated rings. The Balaban J connectivity index is 1.18. The number of carboxylic acids is 1. The van der Waals surface area contributed by atoms with Gasteiger partial charge in [-0.1, -0.05) is 6.92 Å². The van der Waals surface area contributed by atoms with Gasteiger partial charge in [0, 0.05) is 41.7 Å². The molecule has 0 bridgehead atoms. The topological polar surface area (TPSA) is 151 Å². The van der Waals surface area contributed by atoms with E-state index in [4.69, 9.17) is 0 Å². The van der Waals surface area contributed by atoms with Gasteiger partial charge < -0.3 is 36.0 Å². The molecule has 0 aromatic carbocycles. The predicted octanol–water partition coefficient (Wildman–Crippen LogP) is -1.32. The van der Waals surface area contributed by atoms with Gasteiger partial charge in [0.1, 0.15) is 5.70 Å². The molecule has 0 aromatic rings. The van der Waals surface area contributed by atoms with Crippen molar-refractivity contribution in [2.45, 2.75) is 68.6 Å². The van der Waals surface area contributed by atoms with E-state index in [1.54, 1.807) is 11.8 Å². The SMILES string of the molecule is C[C@@H](O)[C@H]1C(=O)N2C(C(=O)O)=C(S[C@@H]3CN[C@H](C(=O)N4CC[C@H](NC(=O)[C@@H]5CCN5)C4)C3)[C@H](C)[C@H]12. The van der Waals surface area contributed by atoms with Crippen LogP contribution in [-0.4, -0.2) is 105 Å². The molecule has 0 radical (unpaired) electrons. The summed E-state index contributed by atoms with van der Waals surface area (Å²) in [5, 5.41) is 29.2. The third-order valence-corrected chi connectivity index (χ3v) is 9.49. The molecule has 3 amide bonds. The largest absolute Gasteiger partial charge is 0.477 e. The molecule has 5 aliphatic heterocycles. The molecule has 11 nitrogen and oxygen atoms in total. The van der Waals surface area contributed by atoms with Gasteiger partial charge in [-0.3, -0.25) is 14.4 Å². The fourth-order valence-corrected chi connectivity index (χ4v) is 7.43. The lowest BCUT2D eigenvalue weighted by molar-refractivity contribution is -0.163. The van der Waals surface area contributed by atoms with E-state index in [2.05, 4.69) is 16.0 Å². The summed E-state index contributed by atoms with van der Waals surface area (Å²) in [6.45, 7) is 5.99. The molecule has 0 spiro atoms. The Morgan fingerprint density at radius 1 is 1.20 bits per heavy atom. The molecule has 4 saturated heterocycles. The van der Waals surface area contributed by atoms with Gasteiger partial charge in [-0.25, -0.2) is 4.79 Å². The molecule has 5 rings (SSSR count). The van der Waals surface area contributed by atoms with Crippen molar-refractivity contribution >= 4 is 35.5 Å². The minimum atomic E-state index is -1.14. The molecule has 0 unspecified atom stereocenters. The Hall–Kier alpha value is -2.15. The molecular formula is C23H33N5O6S. The summed E-state index contributed by atoms with van der Waals surface area (Å²) in [5.74, 6) is -2.25. The number of carboxylic acid groups (broad SMARTS) is 1. The maximum Gasteiger partial charge on any atom is 0.353 e. The molecule has 5 N–H and O–H groups in total. The van der Waals surface area contributed by atoms with Crippen LogP contribution in [-0.2, 0) is 19.2 Å². The zero-order valence-corrected chi connectivity index (χ0v) is 20.7. The second-order valence-electron chi connectivity index (χ2n) is 10.3. The average molecular weight is 508 g/mol. The van der Waals surface area contributed by atoms with Crippen molar-refractivity contribution in [3.05, 3.63) is 10.6 Å². The smallest absolute Gasteiger partial charge is 0.353 e. The minimum absolute atomic E-state index is 0.000200. The molecule has 5 aliphatic rings. The van der Waals surface area contributed by atoms with Crippen LogP contribution >= 0.6 is 11.8 Å². The monoisotopic (exact) mass is 507 g/mol. The molecule has 12 heteroatoms. The molecule has 5 heterocycles. The number of nitrogens with one attached hydrogen (secondary N) is 3. The van der Waals surface area contributed by atoms with Gasteiger partial charge >= 0.3 is 5.97 Å². The van der Waals surface area contributed by atoms with Gasteiger partial charge in [0.05, 0.1) is 30.1 Å². The minimum Gasteiger partial charge on any atom is -0.477 e. The van der Waals surface area contributed by atoms with E-state index >= 15 is 0 Å². The van der Waals surface area contributed by atoms with E-state index < -0.39 is 18.0 Å². The fourth-order valence-electron chi connectivity index (χ4n) is 5.95. The van der Waals surface area contributed by atoms with Gasteiger partial charge in [-0.2, -0.15) is 0 Å². The standard InChI is InChI=1S/C23H33N5O6S/c1-10-17-16(11(2)29)22(32)28(17)18(23(33)34)19(10)35-13-7-15(25-8-13)21(31)27-6-4-12(9-27)26-20(30)14-3-5-24-14/h10-17,24-25,29H,3-9H2,1-2H3,(H,26,30)(H,33,34)/t10-,11-,12+,13+,14+,15+,16-,17-/m1/s1. The summed E-state index contributed by atoms with van der Waals surface area (Å²) in [5.41, 5.74) is 0.0169. The number of nitrogens with zero attached hydrogens (tertiary/aromatic N) is 2. The molecule has 35 heavy (non-hydrogen) atoms. The third-order valence-electron chi connectivity index (χ3n) is 7.98. The van der Waals surface area contributed by atoms with E-state index in [-0.39, 0.29) is 58.8 Å². The lowest BCUT2D eigenvalue weighted by Crippen LogP contribution is -2.63. The van der Waals surface area contributed by atoms with Crippen molar-refractivity contribution in [2.24, 2.45) is 11.8 Å².